The number of sulfonamides is 1. The first-order chi connectivity index (χ1) is 14.4. The van der Waals surface area contributed by atoms with Crippen molar-refractivity contribution < 1.29 is 22.3 Å². The Morgan fingerprint density at radius 2 is 1.77 bits per heavy atom. The van der Waals surface area contributed by atoms with E-state index >= 15 is 0 Å². The first kappa shape index (κ1) is 23.1. The minimum Gasteiger partial charge on any atom is -0.379 e. The van der Waals surface area contributed by atoms with Crippen LogP contribution in [0.2, 0.25) is 0 Å². The molecule has 30 heavy (non-hydrogen) atoms. The number of carbonyl (C=O) groups is 1. The zero-order valence-electron chi connectivity index (χ0n) is 17.3. The number of hydrogen-bond donors (Lipinski definition) is 2. The molecule has 1 amide bonds. The molecular weight excluding hydrogens is 409 g/mol. The van der Waals surface area contributed by atoms with Gasteiger partial charge in [0.1, 0.15) is 5.82 Å². The highest BCUT2D eigenvalue weighted by molar-refractivity contribution is 7.89. The van der Waals surface area contributed by atoms with E-state index in [0.717, 1.165) is 77.1 Å². The monoisotopic (exact) mass is 441 g/mol. The second-order valence-electron chi connectivity index (χ2n) is 8.12. The minimum atomic E-state index is -3.64. The van der Waals surface area contributed by atoms with Gasteiger partial charge in [0.15, 0.2) is 0 Å². The van der Waals surface area contributed by atoms with Crippen molar-refractivity contribution in [1.82, 2.24) is 14.9 Å². The SMILES string of the molecule is O=C(NCCCN1CCOCC1)C1CCC(CNS(=O)(=O)c2ccc(F)cc2)CC1. The number of hydrogen-bond acceptors (Lipinski definition) is 5. The fourth-order valence-electron chi connectivity index (χ4n) is 4.04. The first-order valence-corrected chi connectivity index (χ1v) is 12.3. The number of ether oxygens (including phenoxy) is 1. The molecule has 2 N–H and O–H groups in total. The molecule has 1 heterocycles. The maximum absolute atomic E-state index is 13.0. The van der Waals surface area contributed by atoms with Crippen LogP contribution in [0.4, 0.5) is 4.39 Å². The van der Waals surface area contributed by atoms with Gasteiger partial charge in [-0.25, -0.2) is 17.5 Å². The fraction of sp³-hybridized carbons (Fsp3) is 0.667. The normalized spacial score (nSPS) is 23.2. The van der Waals surface area contributed by atoms with Crippen LogP contribution in [0.25, 0.3) is 0 Å². The van der Waals surface area contributed by atoms with Crippen LogP contribution >= 0.6 is 0 Å². The Balaban J connectivity index is 1.32. The number of benzene rings is 1. The molecule has 2 fully saturated rings. The van der Waals surface area contributed by atoms with Crippen molar-refractivity contribution in [2.75, 3.05) is 45.9 Å². The third kappa shape index (κ3) is 7.01. The molecule has 0 radical (unpaired) electrons. The fourth-order valence-corrected chi connectivity index (χ4v) is 5.15. The maximum atomic E-state index is 13.0. The van der Waals surface area contributed by atoms with Gasteiger partial charge in [0.05, 0.1) is 18.1 Å². The van der Waals surface area contributed by atoms with E-state index in [1.165, 1.54) is 12.1 Å². The summed E-state index contributed by atoms with van der Waals surface area (Å²) in [7, 11) is -3.64. The molecule has 1 aromatic carbocycles. The zero-order valence-corrected chi connectivity index (χ0v) is 18.1. The van der Waals surface area contributed by atoms with Crippen LogP contribution in [-0.4, -0.2) is 65.2 Å². The predicted octanol–water partition coefficient (Wildman–Crippen LogP) is 1.75. The van der Waals surface area contributed by atoms with E-state index in [1.807, 2.05) is 0 Å². The van der Waals surface area contributed by atoms with Crippen LogP contribution in [-0.2, 0) is 19.6 Å². The summed E-state index contributed by atoms with van der Waals surface area (Å²) in [5, 5.41) is 3.05. The lowest BCUT2D eigenvalue weighted by Crippen LogP contribution is -2.39. The number of rotatable bonds is 9. The van der Waals surface area contributed by atoms with E-state index in [4.69, 9.17) is 4.74 Å². The molecule has 1 aromatic rings. The van der Waals surface area contributed by atoms with Gasteiger partial charge in [-0.3, -0.25) is 9.69 Å². The van der Waals surface area contributed by atoms with Gasteiger partial charge in [0.25, 0.3) is 0 Å². The van der Waals surface area contributed by atoms with Crippen molar-refractivity contribution in [3.05, 3.63) is 30.1 Å². The lowest BCUT2D eigenvalue weighted by Gasteiger charge is -2.28. The number of nitrogens with one attached hydrogen (secondary N) is 2. The topological polar surface area (TPSA) is 87.7 Å². The standard InChI is InChI=1S/C21H32FN3O4S/c22-19-6-8-20(9-7-19)30(27,28)24-16-17-2-4-18(5-3-17)21(26)23-10-1-11-25-12-14-29-15-13-25/h6-9,17-18,24H,1-5,10-16H2,(H,23,26). The van der Waals surface area contributed by atoms with Crippen LogP contribution < -0.4 is 10.0 Å². The van der Waals surface area contributed by atoms with Crippen LogP contribution in [0, 0.1) is 17.7 Å². The zero-order chi connectivity index (χ0) is 21.4. The van der Waals surface area contributed by atoms with Crippen LogP contribution in [0.5, 0.6) is 0 Å². The van der Waals surface area contributed by atoms with Gasteiger partial charge in [-0.1, -0.05) is 0 Å². The Hall–Kier alpha value is -1.55. The Morgan fingerprint density at radius 1 is 1.10 bits per heavy atom. The number of carbonyl (C=O) groups excluding carboxylic acids is 1. The third-order valence-electron chi connectivity index (χ3n) is 5.96. The van der Waals surface area contributed by atoms with Crippen LogP contribution in [0.3, 0.4) is 0 Å². The second-order valence-corrected chi connectivity index (χ2v) is 9.89. The molecule has 1 aliphatic carbocycles. The van der Waals surface area contributed by atoms with Crippen molar-refractivity contribution in [3.63, 3.8) is 0 Å². The van der Waals surface area contributed by atoms with Crippen LogP contribution in [0.15, 0.2) is 29.2 Å². The molecular formula is C21H32FN3O4S. The lowest BCUT2D eigenvalue weighted by molar-refractivity contribution is -0.126. The molecule has 0 atom stereocenters. The molecule has 1 saturated heterocycles. The van der Waals surface area contributed by atoms with E-state index in [-0.39, 0.29) is 22.6 Å². The molecule has 1 saturated carbocycles. The molecule has 7 nitrogen and oxygen atoms in total. The van der Waals surface area contributed by atoms with Gasteiger partial charge in [-0.05, 0) is 68.8 Å². The Morgan fingerprint density at radius 3 is 2.43 bits per heavy atom. The summed E-state index contributed by atoms with van der Waals surface area (Å²) in [6.45, 7) is 5.50. The number of halogens is 1. The van der Waals surface area contributed by atoms with Crippen molar-refractivity contribution in [3.8, 4) is 0 Å². The van der Waals surface area contributed by atoms with Crippen molar-refractivity contribution in [1.29, 1.82) is 0 Å². The highest BCUT2D eigenvalue weighted by Crippen LogP contribution is 2.28. The van der Waals surface area contributed by atoms with Gasteiger partial charge in [-0.15, -0.1) is 0 Å². The van der Waals surface area contributed by atoms with Crippen molar-refractivity contribution in [2.24, 2.45) is 11.8 Å². The number of nitrogens with zero attached hydrogens (tertiary/aromatic N) is 1. The van der Waals surface area contributed by atoms with Crippen molar-refractivity contribution in [2.45, 2.75) is 37.0 Å². The molecule has 3 rings (SSSR count). The smallest absolute Gasteiger partial charge is 0.240 e. The summed E-state index contributed by atoms with van der Waals surface area (Å²) in [5.41, 5.74) is 0. The van der Waals surface area contributed by atoms with E-state index in [0.29, 0.717) is 13.1 Å². The first-order valence-electron chi connectivity index (χ1n) is 10.8. The van der Waals surface area contributed by atoms with Gasteiger partial charge in [0, 0.05) is 32.1 Å². The predicted molar refractivity (Wildman–Crippen MR) is 112 cm³/mol. The average molecular weight is 442 g/mol. The summed E-state index contributed by atoms with van der Waals surface area (Å²) in [4.78, 5) is 14.8. The average Bonchev–Trinajstić information content (AvgIpc) is 2.76. The lowest BCUT2D eigenvalue weighted by atomic mass is 9.81. The summed E-state index contributed by atoms with van der Waals surface area (Å²) < 4.78 is 45.6. The molecule has 168 valence electrons. The van der Waals surface area contributed by atoms with Crippen LogP contribution in [0.1, 0.15) is 32.1 Å². The Labute approximate surface area is 178 Å². The molecule has 0 bridgehead atoms. The summed E-state index contributed by atoms with van der Waals surface area (Å²) in [5.74, 6) is -0.127. The molecule has 9 heteroatoms. The number of amides is 1. The van der Waals surface area contributed by atoms with E-state index in [2.05, 4.69) is 14.9 Å². The largest absolute Gasteiger partial charge is 0.379 e. The molecule has 2 aliphatic rings. The van der Waals surface area contributed by atoms with E-state index < -0.39 is 15.8 Å². The Kier molecular flexibility index (Phi) is 8.61. The maximum Gasteiger partial charge on any atom is 0.240 e. The second kappa shape index (κ2) is 11.2. The van der Waals surface area contributed by atoms with Gasteiger partial charge >= 0.3 is 0 Å². The van der Waals surface area contributed by atoms with E-state index in [1.54, 1.807) is 0 Å². The summed E-state index contributed by atoms with van der Waals surface area (Å²) in [6.07, 6.45) is 4.12. The summed E-state index contributed by atoms with van der Waals surface area (Å²) in [6, 6.07) is 4.80. The third-order valence-corrected chi connectivity index (χ3v) is 7.40. The molecule has 1 aliphatic heterocycles. The number of morpholine rings is 1. The summed E-state index contributed by atoms with van der Waals surface area (Å²) >= 11 is 0. The minimum absolute atomic E-state index is 0.0124. The van der Waals surface area contributed by atoms with E-state index in [9.17, 15) is 17.6 Å². The highest BCUT2D eigenvalue weighted by Gasteiger charge is 2.27. The Bertz CT molecular complexity index is 774. The van der Waals surface area contributed by atoms with Gasteiger partial charge in [-0.2, -0.15) is 0 Å². The quantitative estimate of drug-likeness (QED) is 0.570. The van der Waals surface area contributed by atoms with Gasteiger partial charge < -0.3 is 10.1 Å². The highest BCUT2D eigenvalue weighted by atomic mass is 32.2. The molecule has 0 aromatic heterocycles. The molecule has 0 spiro atoms. The van der Waals surface area contributed by atoms with Gasteiger partial charge in [0.2, 0.25) is 15.9 Å². The molecule has 0 unspecified atom stereocenters. The van der Waals surface area contributed by atoms with Crippen molar-refractivity contribution >= 4 is 15.9 Å².